The fourth-order valence-electron chi connectivity index (χ4n) is 4.43. The maximum absolute atomic E-state index is 13.7. The molecule has 0 saturated carbocycles. The summed E-state index contributed by atoms with van der Waals surface area (Å²) in [7, 11) is 2.07. The van der Waals surface area contributed by atoms with Crippen LogP contribution >= 0.6 is 0 Å². The Morgan fingerprint density at radius 2 is 1.78 bits per heavy atom. The predicted molar refractivity (Wildman–Crippen MR) is 123 cm³/mol. The molecule has 0 bridgehead atoms. The van der Waals surface area contributed by atoms with Gasteiger partial charge in [-0.2, -0.15) is 5.26 Å². The molecule has 0 radical (unpaired) electrons. The molecule has 32 heavy (non-hydrogen) atoms. The van der Waals surface area contributed by atoms with E-state index in [1.165, 1.54) is 12.1 Å². The minimum Gasteiger partial charge on any atom is -0.350 e. The molecule has 1 atom stereocenters. The van der Waals surface area contributed by atoms with Crippen LogP contribution in [0.25, 0.3) is 10.8 Å². The maximum Gasteiger partial charge on any atom is 0.245 e. The number of piperazine rings is 1. The summed E-state index contributed by atoms with van der Waals surface area (Å²) in [6.45, 7) is 5.41. The Morgan fingerprint density at radius 1 is 1.09 bits per heavy atom. The second-order valence-electron chi connectivity index (χ2n) is 8.52. The third kappa shape index (κ3) is 4.22. The minimum absolute atomic E-state index is 0.139. The Morgan fingerprint density at radius 3 is 2.47 bits per heavy atom. The van der Waals surface area contributed by atoms with E-state index in [2.05, 4.69) is 28.2 Å². The van der Waals surface area contributed by atoms with Crippen LogP contribution in [0, 0.1) is 17.1 Å². The molecule has 3 aromatic carbocycles. The largest absolute Gasteiger partial charge is 0.350 e. The van der Waals surface area contributed by atoms with Gasteiger partial charge in [0.1, 0.15) is 11.4 Å². The molecule has 1 aliphatic heterocycles. The summed E-state index contributed by atoms with van der Waals surface area (Å²) in [6, 6.07) is 19.9. The first-order chi connectivity index (χ1) is 15.4. The molecule has 5 nitrogen and oxygen atoms in total. The number of nitrogens with zero attached hydrogens (tertiary/aromatic N) is 3. The van der Waals surface area contributed by atoms with Gasteiger partial charge in [-0.15, -0.1) is 0 Å². The number of nitrogens with one attached hydrogen (secondary N) is 1. The summed E-state index contributed by atoms with van der Waals surface area (Å²) in [6.07, 6.45) is 0. The zero-order chi connectivity index (χ0) is 22.7. The van der Waals surface area contributed by atoms with Crippen molar-refractivity contribution in [2.75, 3.05) is 33.2 Å². The number of hydrogen-bond acceptors (Lipinski definition) is 4. The molecule has 3 aromatic rings. The monoisotopic (exact) mass is 430 g/mol. The van der Waals surface area contributed by atoms with Crippen LogP contribution in [0.15, 0.2) is 60.7 Å². The highest BCUT2D eigenvalue weighted by Crippen LogP contribution is 2.30. The average Bonchev–Trinajstić information content (AvgIpc) is 2.82. The summed E-state index contributed by atoms with van der Waals surface area (Å²) < 4.78 is 13.6. The van der Waals surface area contributed by atoms with Gasteiger partial charge in [0.25, 0.3) is 0 Å². The Kier molecular flexibility index (Phi) is 6.22. The van der Waals surface area contributed by atoms with Crippen molar-refractivity contribution < 1.29 is 9.18 Å². The first kappa shape index (κ1) is 21.9. The van der Waals surface area contributed by atoms with E-state index in [1.54, 1.807) is 12.1 Å². The van der Waals surface area contributed by atoms with Crippen LogP contribution in [-0.4, -0.2) is 48.9 Å². The number of benzene rings is 3. The van der Waals surface area contributed by atoms with Crippen LogP contribution < -0.4 is 5.32 Å². The number of amides is 1. The second-order valence-corrected chi connectivity index (χ2v) is 8.52. The van der Waals surface area contributed by atoms with Gasteiger partial charge in [-0.3, -0.25) is 9.69 Å². The number of carbonyl (C=O) groups excluding carboxylic acids is 1. The van der Waals surface area contributed by atoms with Crippen molar-refractivity contribution in [2.45, 2.75) is 19.0 Å². The molecule has 4 rings (SSSR count). The number of rotatable bonds is 5. The molecular formula is C26H27FN4O. The van der Waals surface area contributed by atoms with Crippen LogP contribution in [0.1, 0.15) is 23.6 Å². The lowest BCUT2D eigenvalue weighted by molar-refractivity contribution is -0.135. The van der Waals surface area contributed by atoms with E-state index < -0.39 is 5.54 Å². The average molecular weight is 431 g/mol. The van der Waals surface area contributed by atoms with Gasteiger partial charge in [-0.05, 0) is 60.1 Å². The van der Waals surface area contributed by atoms with Crippen molar-refractivity contribution in [2.24, 2.45) is 0 Å². The molecule has 1 N–H and O–H groups in total. The molecule has 0 aromatic heterocycles. The van der Waals surface area contributed by atoms with E-state index in [0.717, 1.165) is 48.1 Å². The summed E-state index contributed by atoms with van der Waals surface area (Å²) in [5.74, 6) is -0.463. The number of carbonyl (C=O) groups is 1. The van der Waals surface area contributed by atoms with Crippen molar-refractivity contribution in [3.8, 4) is 6.07 Å². The topological polar surface area (TPSA) is 59.4 Å². The van der Waals surface area contributed by atoms with Crippen LogP contribution in [0.5, 0.6) is 0 Å². The smallest absolute Gasteiger partial charge is 0.245 e. The highest BCUT2D eigenvalue weighted by Gasteiger charge is 2.42. The molecule has 1 heterocycles. The van der Waals surface area contributed by atoms with Crippen molar-refractivity contribution in [1.29, 1.82) is 5.26 Å². The van der Waals surface area contributed by atoms with Crippen LogP contribution in [0.2, 0.25) is 0 Å². The van der Waals surface area contributed by atoms with Crippen molar-refractivity contribution in [3.05, 3.63) is 83.2 Å². The van der Waals surface area contributed by atoms with E-state index in [0.29, 0.717) is 12.1 Å². The molecule has 6 heteroatoms. The number of likely N-dealkylation sites (N-methyl/N-ethyl adjacent to an activating group) is 1. The number of hydrogen-bond donors (Lipinski definition) is 1. The number of halogens is 1. The molecule has 1 saturated heterocycles. The Balaban J connectivity index is 1.64. The van der Waals surface area contributed by atoms with Gasteiger partial charge < -0.3 is 10.2 Å². The molecule has 1 unspecified atom stereocenters. The SMILES string of the molecule is CN1CCN(C(C)(C(=O)NCc2cc(C#N)cc3ccccc23)c2ccc(F)cc2)CC1. The van der Waals surface area contributed by atoms with Gasteiger partial charge in [-0.25, -0.2) is 4.39 Å². The van der Waals surface area contributed by atoms with Gasteiger partial charge in [0.2, 0.25) is 5.91 Å². The third-order valence-electron chi connectivity index (χ3n) is 6.50. The molecule has 1 fully saturated rings. The van der Waals surface area contributed by atoms with E-state index in [1.807, 2.05) is 43.3 Å². The lowest BCUT2D eigenvalue weighted by atomic mass is 9.88. The van der Waals surface area contributed by atoms with E-state index in [9.17, 15) is 14.4 Å². The summed E-state index contributed by atoms with van der Waals surface area (Å²) >= 11 is 0. The highest BCUT2D eigenvalue weighted by molar-refractivity contribution is 5.89. The zero-order valence-corrected chi connectivity index (χ0v) is 18.4. The minimum atomic E-state index is -0.933. The molecule has 0 spiro atoms. The normalized spacial score (nSPS) is 16.9. The fourth-order valence-corrected chi connectivity index (χ4v) is 4.43. The third-order valence-corrected chi connectivity index (χ3v) is 6.50. The zero-order valence-electron chi connectivity index (χ0n) is 18.4. The van der Waals surface area contributed by atoms with Gasteiger partial charge >= 0.3 is 0 Å². The van der Waals surface area contributed by atoms with E-state index in [4.69, 9.17) is 0 Å². The van der Waals surface area contributed by atoms with Crippen LogP contribution in [0.3, 0.4) is 0 Å². The van der Waals surface area contributed by atoms with Crippen molar-refractivity contribution >= 4 is 16.7 Å². The predicted octanol–water partition coefficient (Wildman–Crippen LogP) is 3.63. The Bertz CT molecular complexity index is 1160. The first-order valence-corrected chi connectivity index (χ1v) is 10.8. The van der Waals surface area contributed by atoms with Gasteiger partial charge in [0.05, 0.1) is 11.6 Å². The quantitative estimate of drug-likeness (QED) is 0.672. The van der Waals surface area contributed by atoms with Crippen LogP contribution in [-0.2, 0) is 16.9 Å². The number of fused-ring (bicyclic) bond motifs is 1. The summed E-state index contributed by atoms with van der Waals surface area (Å²) in [4.78, 5) is 18.1. The maximum atomic E-state index is 13.7. The Hall–Kier alpha value is -3.27. The van der Waals surface area contributed by atoms with E-state index >= 15 is 0 Å². The molecule has 1 amide bonds. The number of nitriles is 1. The lowest BCUT2D eigenvalue weighted by Crippen LogP contribution is -2.59. The Labute approximate surface area is 188 Å². The molecule has 1 aliphatic rings. The summed E-state index contributed by atoms with van der Waals surface area (Å²) in [5, 5.41) is 14.5. The van der Waals surface area contributed by atoms with Gasteiger partial charge in [0.15, 0.2) is 0 Å². The first-order valence-electron chi connectivity index (χ1n) is 10.8. The summed E-state index contributed by atoms with van der Waals surface area (Å²) in [5.41, 5.74) is 1.29. The van der Waals surface area contributed by atoms with E-state index in [-0.39, 0.29) is 11.7 Å². The second kappa shape index (κ2) is 9.07. The van der Waals surface area contributed by atoms with Gasteiger partial charge in [-0.1, -0.05) is 36.4 Å². The standard InChI is InChI=1S/C26H27FN4O/c1-26(22-7-9-23(27)10-8-22,31-13-11-30(2)12-14-31)25(32)29-18-21-16-19(17-28)15-20-5-3-4-6-24(20)21/h3-10,15-16H,11-14,18H2,1-2H3,(H,29,32). The fraction of sp³-hybridized carbons (Fsp3) is 0.308. The van der Waals surface area contributed by atoms with Crippen molar-refractivity contribution in [1.82, 2.24) is 15.1 Å². The van der Waals surface area contributed by atoms with Crippen LogP contribution in [0.4, 0.5) is 4.39 Å². The lowest BCUT2D eigenvalue weighted by Gasteiger charge is -2.44. The van der Waals surface area contributed by atoms with Gasteiger partial charge in [0, 0.05) is 32.7 Å². The molecule has 164 valence electrons. The van der Waals surface area contributed by atoms with Crippen molar-refractivity contribution in [3.63, 3.8) is 0 Å². The molecule has 0 aliphatic carbocycles. The molecular weight excluding hydrogens is 403 g/mol. The highest BCUT2D eigenvalue weighted by atomic mass is 19.1.